The van der Waals surface area contributed by atoms with Gasteiger partial charge in [0.05, 0.1) is 16.8 Å². The number of carbonyl (C=O) groups excluding carboxylic acids is 1. The van der Waals surface area contributed by atoms with E-state index >= 15 is 0 Å². The number of halogens is 1. The Kier molecular flexibility index (Phi) is 4.70. The van der Waals surface area contributed by atoms with Crippen LogP contribution in [-0.2, 0) is 11.2 Å². The van der Waals surface area contributed by atoms with E-state index in [0.29, 0.717) is 17.1 Å². The summed E-state index contributed by atoms with van der Waals surface area (Å²) in [7, 11) is 0. The zero-order valence-electron chi connectivity index (χ0n) is 10.6. The van der Waals surface area contributed by atoms with Crippen LogP contribution in [0.2, 0.25) is 5.02 Å². The Morgan fingerprint density at radius 2 is 2.00 bits per heavy atom. The van der Waals surface area contributed by atoms with Gasteiger partial charge in [-0.2, -0.15) is 5.26 Å². The fourth-order valence-electron chi connectivity index (χ4n) is 1.73. The van der Waals surface area contributed by atoms with E-state index in [1.165, 1.54) is 0 Å². The van der Waals surface area contributed by atoms with Gasteiger partial charge in [0.2, 0.25) is 5.91 Å². The van der Waals surface area contributed by atoms with Crippen LogP contribution in [0.4, 0.5) is 5.69 Å². The molecule has 2 rings (SSSR count). The number of benzene rings is 1. The highest BCUT2D eigenvalue weighted by Crippen LogP contribution is 2.21. The average Bonchev–Trinajstić information content (AvgIpc) is 2.48. The van der Waals surface area contributed by atoms with Gasteiger partial charge in [0.15, 0.2) is 0 Å². The van der Waals surface area contributed by atoms with Crippen molar-refractivity contribution >= 4 is 23.2 Å². The first-order chi connectivity index (χ1) is 9.70. The lowest BCUT2D eigenvalue weighted by atomic mass is 10.0. The highest BCUT2D eigenvalue weighted by Gasteiger charge is 2.19. The number of pyridine rings is 1. The Morgan fingerprint density at radius 1 is 1.30 bits per heavy atom. The fraction of sp³-hybridized carbons (Fsp3) is 0.133. The summed E-state index contributed by atoms with van der Waals surface area (Å²) in [6.45, 7) is 0. The summed E-state index contributed by atoms with van der Waals surface area (Å²) in [5.74, 6) is -1.13. The number of carbonyl (C=O) groups is 1. The molecule has 0 unspecified atom stereocenters. The number of amides is 1. The summed E-state index contributed by atoms with van der Waals surface area (Å²) in [5.41, 5.74) is 1.40. The predicted octanol–water partition coefficient (Wildman–Crippen LogP) is 3.06. The van der Waals surface area contributed by atoms with Gasteiger partial charge in [-0.05, 0) is 36.2 Å². The standard InChI is InChI=1S/C15H12ClN3O/c16-13-3-1-2-4-14(13)19-15(20)12(10-17)9-11-5-7-18-8-6-11/h1-8,12H,9H2,(H,19,20)/t12-/m0/s1. The lowest BCUT2D eigenvalue weighted by molar-refractivity contribution is -0.118. The number of anilines is 1. The summed E-state index contributed by atoms with van der Waals surface area (Å²) < 4.78 is 0. The van der Waals surface area contributed by atoms with Gasteiger partial charge in [0.25, 0.3) is 0 Å². The minimum Gasteiger partial charge on any atom is -0.324 e. The van der Waals surface area contributed by atoms with Crippen LogP contribution in [-0.4, -0.2) is 10.9 Å². The zero-order chi connectivity index (χ0) is 14.4. The van der Waals surface area contributed by atoms with Crippen LogP contribution < -0.4 is 5.32 Å². The number of hydrogen-bond acceptors (Lipinski definition) is 3. The van der Waals surface area contributed by atoms with E-state index in [-0.39, 0.29) is 5.91 Å². The Bertz CT molecular complexity index is 637. The molecule has 20 heavy (non-hydrogen) atoms. The molecule has 2 aromatic rings. The first kappa shape index (κ1) is 14.0. The quantitative estimate of drug-likeness (QED) is 0.939. The Balaban J connectivity index is 2.07. The van der Waals surface area contributed by atoms with Crippen LogP contribution in [0.5, 0.6) is 0 Å². The molecule has 0 saturated carbocycles. The van der Waals surface area contributed by atoms with Crippen LogP contribution in [0.15, 0.2) is 48.8 Å². The average molecular weight is 286 g/mol. The number of para-hydroxylation sites is 1. The van der Waals surface area contributed by atoms with Gasteiger partial charge in [-0.3, -0.25) is 9.78 Å². The van der Waals surface area contributed by atoms with Gasteiger partial charge < -0.3 is 5.32 Å². The molecule has 1 aromatic heterocycles. The number of rotatable bonds is 4. The maximum absolute atomic E-state index is 12.1. The lowest BCUT2D eigenvalue weighted by Gasteiger charge is -2.11. The van der Waals surface area contributed by atoms with E-state index in [9.17, 15) is 4.79 Å². The highest BCUT2D eigenvalue weighted by atomic mass is 35.5. The van der Waals surface area contributed by atoms with E-state index < -0.39 is 5.92 Å². The van der Waals surface area contributed by atoms with Gasteiger partial charge in [0.1, 0.15) is 5.92 Å². The third kappa shape index (κ3) is 3.56. The maximum atomic E-state index is 12.1. The largest absolute Gasteiger partial charge is 0.324 e. The second kappa shape index (κ2) is 6.69. The molecule has 1 amide bonds. The topological polar surface area (TPSA) is 65.8 Å². The molecule has 1 N–H and O–H groups in total. The lowest BCUT2D eigenvalue weighted by Crippen LogP contribution is -2.23. The number of nitriles is 1. The first-order valence-electron chi connectivity index (χ1n) is 6.04. The molecule has 0 saturated heterocycles. The van der Waals surface area contributed by atoms with Crippen LogP contribution in [0, 0.1) is 17.2 Å². The molecule has 1 aromatic carbocycles. The minimum absolute atomic E-state index is 0.343. The van der Waals surface area contributed by atoms with Crippen molar-refractivity contribution in [3.05, 3.63) is 59.4 Å². The SMILES string of the molecule is N#C[C@H](Cc1ccncc1)C(=O)Nc1ccccc1Cl. The van der Waals surface area contributed by atoms with E-state index in [2.05, 4.69) is 10.3 Å². The molecular formula is C15H12ClN3O. The van der Waals surface area contributed by atoms with Gasteiger partial charge in [0, 0.05) is 12.4 Å². The summed E-state index contributed by atoms with van der Waals surface area (Å²) in [4.78, 5) is 16.0. The summed E-state index contributed by atoms with van der Waals surface area (Å²) in [5, 5.41) is 12.3. The van der Waals surface area contributed by atoms with E-state index in [0.717, 1.165) is 5.56 Å². The number of hydrogen-bond donors (Lipinski definition) is 1. The van der Waals surface area contributed by atoms with Gasteiger partial charge in [-0.1, -0.05) is 23.7 Å². The van der Waals surface area contributed by atoms with Gasteiger partial charge in [-0.25, -0.2) is 0 Å². The molecule has 100 valence electrons. The number of aromatic nitrogens is 1. The maximum Gasteiger partial charge on any atom is 0.242 e. The summed E-state index contributed by atoms with van der Waals surface area (Å²) in [6, 6.07) is 12.5. The van der Waals surface area contributed by atoms with Crippen molar-refractivity contribution in [1.82, 2.24) is 4.98 Å². The van der Waals surface area contributed by atoms with Crippen molar-refractivity contribution in [2.75, 3.05) is 5.32 Å². The van der Waals surface area contributed by atoms with Crippen LogP contribution in [0.25, 0.3) is 0 Å². The molecule has 1 atom stereocenters. The predicted molar refractivity (Wildman–Crippen MR) is 77.1 cm³/mol. The smallest absolute Gasteiger partial charge is 0.242 e. The molecule has 0 radical (unpaired) electrons. The number of nitrogens with one attached hydrogen (secondary N) is 1. The Morgan fingerprint density at radius 3 is 2.65 bits per heavy atom. The van der Waals surface area contributed by atoms with Crippen LogP contribution >= 0.6 is 11.6 Å². The number of nitrogens with zero attached hydrogens (tertiary/aromatic N) is 2. The van der Waals surface area contributed by atoms with E-state index in [4.69, 9.17) is 16.9 Å². The van der Waals surface area contributed by atoms with E-state index in [1.807, 2.05) is 6.07 Å². The third-order valence-electron chi connectivity index (χ3n) is 2.79. The molecule has 0 aliphatic heterocycles. The molecule has 1 heterocycles. The van der Waals surface area contributed by atoms with Crippen molar-refractivity contribution in [2.45, 2.75) is 6.42 Å². The molecule has 4 nitrogen and oxygen atoms in total. The zero-order valence-corrected chi connectivity index (χ0v) is 11.3. The van der Waals surface area contributed by atoms with Crippen molar-refractivity contribution in [3.63, 3.8) is 0 Å². The van der Waals surface area contributed by atoms with Crippen LogP contribution in [0.1, 0.15) is 5.56 Å². The molecule has 0 aliphatic rings. The second-order valence-corrected chi connectivity index (χ2v) is 4.62. The van der Waals surface area contributed by atoms with Crippen LogP contribution in [0.3, 0.4) is 0 Å². The summed E-state index contributed by atoms with van der Waals surface area (Å²) in [6.07, 6.45) is 3.61. The van der Waals surface area contributed by atoms with E-state index in [1.54, 1.807) is 48.8 Å². The van der Waals surface area contributed by atoms with Gasteiger partial charge in [-0.15, -0.1) is 0 Å². The molecule has 5 heteroatoms. The second-order valence-electron chi connectivity index (χ2n) is 4.21. The van der Waals surface area contributed by atoms with Crippen molar-refractivity contribution in [3.8, 4) is 6.07 Å². The Hall–Kier alpha value is -2.38. The third-order valence-corrected chi connectivity index (χ3v) is 3.12. The first-order valence-corrected chi connectivity index (χ1v) is 6.42. The van der Waals surface area contributed by atoms with Crippen molar-refractivity contribution < 1.29 is 4.79 Å². The Labute approximate surface area is 122 Å². The fourth-order valence-corrected chi connectivity index (χ4v) is 1.92. The van der Waals surface area contributed by atoms with Gasteiger partial charge >= 0.3 is 0 Å². The minimum atomic E-state index is -0.770. The van der Waals surface area contributed by atoms with Crippen molar-refractivity contribution in [1.29, 1.82) is 5.26 Å². The molecule has 0 aliphatic carbocycles. The highest BCUT2D eigenvalue weighted by molar-refractivity contribution is 6.33. The molecular weight excluding hydrogens is 274 g/mol. The molecule has 0 fully saturated rings. The van der Waals surface area contributed by atoms with Crippen molar-refractivity contribution in [2.24, 2.45) is 5.92 Å². The normalized spacial score (nSPS) is 11.4. The monoisotopic (exact) mass is 285 g/mol. The summed E-state index contributed by atoms with van der Waals surface area (Å²) >= 11 is 5.97. The molecule has 0 spiro atoms. The molecule has 0 bridgehead atoms.